The number of carbonyl (C=O) groups is 1. The predicted molar refractivity (Wildman–Crippen MR) is 81.4 cm³/mol. The summed E-state index contributed by atoms with van der Waals surface area (Å²) < 4.78 is 5.75. The fraction of sp³-hybridized carbons (Fsp3) is 0.588. The van der Waals surface area contributed by atoms with Gasteiger partial charge in [-0.05, 0) is 36.5 Å². The van der Waals surface area contributed by atoms with Crippen LogP contribution in [0.1, 0.15) is 63.9 Å². The van der Waals surface area contributed by atoms with Gasteiger partial charge in [-0.25, -0.2) is 0 Å². The van der Waals surface area contributed by atoms with E-state index in [1.165, 1.54) is 5.56 Å². The molecule has 0 heterocycles. The fourth-order valence-electron chi connectivity index (χ4n) is 2.06. The molecule has 0 fully saturated rings. The molecule has 1 aromatic rings. The number of rotatable bonds is 10. The molecule has 1 N–H and O–H groups in total. The number of carboxylic acids is 1. The quantitative estimate of drug-likeness (QED) is 0.635. The van der Waals surface area contributed by atoms with Crippen LogP contribution in [0.4, 0.5) is 0 Å². The summed E-state index contributed by atoms with van der Waals surface area (Å²) >= 11 is 0. The lowest BCUT2D eigenvalue weighted by molar-refractivity contribution is -0.137. The van der Waals surface area contributed by atoms with Gasteiger partial charge < -0.3 is 9.84 Å². The van der Waals surface area contributed by atoms with Crippen molar-refractivity contribution in [2.45, 2.75) is 58.3 Å². The highest BCUT2D eigenvalue weighted by Crippen LogP contribution is 2.20. The molecule has 0 aliphatic heterocycles. The van der Waals surface area contributed by atoms with Crippen molar-refractivity contribution >= 4 is 5.97 Å². The van der Waals surface area contributed by atoms with Gasteiger partial charge in [0.2, 0.25) is 0 Å². The highest BCUT2D eigenvalue weighted by Gasteiger charge is 2.01. The van der Waals surface area contributed by atoms with E-state index in [1.54, 1.807) is 0 Å². The van der Waals surface area contributed by atoms with Gasteiger partial charge in [0.15, 0.2) is 0 Å². The Hall–Kier alpha value is -1.51. The van der Waals surface area contributed by atoms with E-state index in [4.69, 9.17) is 9.84 Å². The first kappa shape index (κ1) is 16.5. The summed E-state index contributed by atoms with van der Waals surface area (Å²) in [5.74, 6) is 0.772. The number of hydrogen-bond acceptors (Lipinski definition) is 2. The Morgan fingerprint density at radius 3 is 2.55 bits per heavy atom. The van der Waals surface area contributed by atoms with Crippen LogP contribution in [0.2, 0.25) is 0 Å². The third-order valence-electron chi connectivity index (χ3n) is 3.33. The average Bonchev–Trinajstić information content (AvgIpc) is 2.41. The van der Waals surface area contributed by atoms with E-state index in [0.717, 1.165) is 44.5 Å². The largest absolute Gasteiger partial charge is 0.494 e. The van der Waals surface area contributed by atoms with E-state index in [1.807, 2.05) is 12.1 Å². The smallest absolute Gasteiger partial charge is 0.303 e. The van der Waals surface area contributed by atoms with Crippen molar-refractivity contribution in [2.24, 2.45) is 0 Å². The molecular formula is C17H26O3. The van der Waals surface area contributed by atoms with Crippen LogP contribution in [0, 0.1) is 0 Å². The van der Waals surface area contributed by atoms with Crippen molar-refractivity contribution in [2.75, 3.05) is 6.61 Å². The Labute approximate surface area is 122 Å². The molecule has 0 atom stereocenters. The topological polar surface area (TPSA) is 46.5 Å². The van der Waals surface area contributed by atoms with Crippen LogP contribution >= 0.6 is 0 Å². The molecule has 1 aromatic carbocycles. The molecule has 0 aliphatic carbocycles. The number of benzene rings is 1. The highest BCUT2D eigenvalue weighted by molar-refractivity contribution is 5.66. The van der Waals surface area contributed by atoms with E-state index in [2.05, 4.69) is 26.0 Å². The highest BCUT2D eigenvalue weighted by atomic mass is 16.5. The number of carboxylic acid groups (broad SMARTS) is 1. The van der Waals surface area contributed by atoms with Gasteiger partial charge in [0.25, 0.3) is 0 Å². The van der Waals surface area contributed by atoms with Crippen molar-refractivity contribution in [3.63, 3.8) is 0 Å². The average molecular weight is 278 g/mol. The van der Waals surface area contributed by atoms with Gasteiger partial charge in [-0.1, -0.05) is 45.2 Å². The molecule has 20 heavy (non-hydrogen) atoms. The number of ether oxygens (including phenoxy) is 1. The van der Waals surface area contributed by atoms with Crippen molar-refractivity contribution in [1.29, 1.82) is 0 Å². The summed E-state index contributed by atoms with van der Waals surface area (Å²) in [4.78, 5) is 10.3. The van der Waals surface area contributed by atoms with Gasteiger partial charge in [-0.3, -0.25) is 4.79 Å². The van der Waals surface area contributed by atoms with Crippen LogP contribution < -0.4 is 4.74 Å². The van der Waals surface area contributed by atoms with E-state index in [0.29, 0.717) is 12.3 Å². The van der Waals surface area contributed by atoms with Crippen LogP contribution in [0.3, 0.4) is 0 Å². The van der Waals surface area contributed by atoms with Gasteiger partial charge in [-0.2, -0.15) is 0 Å². The Bertz CT molecular complexity index is 399. The summed E-state index contributed by atoms with van der Waals surface area (Å²) in [7, 11) is 0. The molecule has 0 unspecified atom stereocenters. The third-order valence-corrected chi connectivity index (χ3v) is 3.33. The molecule has 0 saturated heterocycles. The van der Waals surface area contributed by atoms with Crippen molar-refractivity contribution in [3.8, 4) is 5.75 Å². The van der Waals surface area contributed by atoms with E-state index in [-0.39, 0.29) is 0 Å². The maximum atomic E-state index is 10.3. The van der Waals surface area contributed by atoms with E-state index in [9.17, 15) is 4.79 Å². The first-order chi connectivity index (χ1) is 9.59. The summed E-state index contributed by atoms with van der Waals surface area (Å²) in [6, 6.07) is 8.27. The molecule has 0 amide bonds. The van der Waals surface area contributed by atoms with Crippen LogP contribution in [0.25, 0.3) is 0 Å². The Morgan fingerprint density at radius 2 is 1.85 bits per heavy atom. The predicted octanol–water partition coefficient (Wildman–Crippen LogP) is 4.61. The normalized spacial score (nSPS) is 10.8. The zero-order valence-electron chi connectivity index (χ0n) is 12.6. The molecule has 1 rings (SSSR count). The minimum absolute atomic E-state index is 0.290. The molecule has 0 aliphatic rings. The minimum Gasteiger partial charge on any atom is -0.494 e. The van der Waals surface area contributed by atoms with Crippen molar-refractivity contribution in [3.05, 3.63) is 29.8 Å². The molecule has 0 spiro atoms. The lowest BCUT2D eigenvalue weighted by atomic mass is 10.0. The Balaban J connectivity index is 2.09. The van der Waals surface area contributed by atoms with Gasteiger partial charge in [-0.15, -0.1) is 0 Å². The van der Waals surface area contributed by atoms with Crippen molar-refractivity contribution in [1.82, 2.24) is 0 Å². The van der Waals surface area contributed by atoms with Crippen LogP contribution in [-0.4, -0.2) is 17.7 Å². The molecule has 0 bridgehead atoms. The second-order valence-corrected chi connectivity index (χ2v) is 5.49. The molecule has 3 nitrogen and oxygen atoms in total. The van der Waals surface area contributed by atoms with E-state index < -0.39 is 5.97 Å². The zero-order valence-corrected chi connectivity index (χ0v) is 12.6. The molecule has 0 aromatic heterocycles. The fourth-order valence-corrected chi connectivity index (χ4v) is 2.06. The SMILES string of the molecule is CC(C)c1cccc(OCCCCCCCC(=O)O)c1. The number of hydrogen-bond donors (Lipinski definition) is 1. The summed E-state index contributed by atoms with van der Waals surface area (Å²) in [6.45, 7) is 5.09. The maximum absolute atomic E-state index is 10.3. The Kier molecular flexibility index (Phi) is 7.78. The monoisotopic (exact) mass is 278 g/mol. The summed E-state index contributed by atoms with van der Waals surface area (Å²) in [5.41, 5.74) is 1.30. The van der Waals surface area contributed by atoms with E-state index >= 15 is 0 Å². The van der Waals surface area contributed by atoms with Crippen molar-refractivity contribution < 1.29 is 14.6 Å². The standard InChI is InChI=1S/C17H26O3/c1-14(2)15-9-8-10-16(13-15)20-12-7-5-3-4-6-11-17(18)19/h8-10,13-14H,3-7,11-12H2,1-2H3,(H,18,19). The summed E-state index contributed by atoms with van der Waals surface area (Å²) in [6.07, 6.45) is 5.28. The maximum Gasteiger partial charge on any atom is 0.303 e. The second-order valence-electron chi connectivity index (χ2n) is 5.49. The zero-order chi connectivity index (χ0) is 14.8. The molecule has 112 valence electrons. The lowest BCUT2D eigenvalue weighted by Gasteiger charge is -2.09. The second kappa shape index (κ2) is 9.40. The summed E-state index contributed by atoms with van der Waals surface area (Å²) in [5, 5.41) is 8.52. The molecular weight excluding hydrogens is 252 g/mol. The minimum atomic E-state index is -0.696. The number of aliphatic carboxylic acids is 1. The first-order valence-corrected chi connectivity index (χ1v) is 7.54. The van der Waals surface area contributed by atoms with Gasteiger partial charge in [0, 0.05) is 6.42 Å². The molecule has 0 saturated carbocycles. The third kappa shape index (κ3) is 7.17. The first-order valence-electron chi connectivity index (χ1n) is 7.54. The molecule has 0 radical (unpaired) electrons. The number of unbranched alkanes of at least 4 members (excludes halogenated alkanes) is 4. The van der Waals surface area contributed by atoms with Crippen LogP contribution in [-0.2, 0) is 4.79 Å². The van der Waals surface area contributed by atoms with Gasteiger partial charge in [0.05, 0.1) is 6.61 Å². The Morgan fingerprint density at radius 1 is 1.15 bits per heavy atom. The van der Waals surface area contributed by atoms with Crippen LogP contribution in [0.15, 0.2) is 24.3 Å². The van der Waals surface area contributed by atoms with Gasteiger partial charge in [0.1, 0.15) is 5.75 Å². The van der Waals surface area contributed by atoms with Gasteiger partial charge >= 0.3 is 5.97 Å². The van der Waals surface area contributed by atoms with Crippen LogP contribution in [0.5, 0.6) is 5.75 Å². The lowest BCUT2D eigenvalue weighted by Crippen LogP contribution is -1.98. The molecule has 3 heteroatoms.